The third kappa shape index (κ3) is 5.40. The Morgan fingerprint density at radius 3 is 2.30 bits per heavy atom. The first-order valence-corrected chi connectivity index (χ1v) is 11.9. The second-order valence-electron chi connectivity index (χ2n) is 7.35. The highest BCUT2D eigenvalue weighted by Gasteiger charge is 2.35. The summed E-state index contributed by atoms with van der Waals surface area (Å²) in [5.74, 6) is -0.597. The molecule has 176 valence electrons. The molecule has 33 heavy (non-hydrogen) atoms. The number of aliphatic hydroxyl groups is 1. The van der Waals surface area contributed by atoms with Crippen LogP contribution in [0.4, 0.5) is 18.9 Å². The molecule has 3 rings (SSSR count). The molecule has 0 aliphatic rings. The molecule has 0 saturated heterocycles. The molecule has 6 nitrogen and oxygen atoms in total. The zero-order chi connectivity index (χ0) is 24.6. The normalized spacial score (nSPS) is 12.1. The number of aliphatic hydroxyl groups excluding tert-OH is 1. The van der Waals surface area contributed by atoms with Gasteiger partial charge in [-0.3, -0.25) is 4.79 Å². The van der Waals surface area contributed by atoms with E-state index in [0.29, 0.717) is 11.4 Å². The first-order chi connectivity index (χ1) is 15.3. The molecule has 0 unspecified atom stereocenters. The molecule has 0 aliphatic heterocycles. The number of nitrogens with one attached hydrogen (secondary N) is 1. The third-order valence-electron chi connectivity index (χ3n) is 4.98. The number of alkyl halides is 3. The lowest BCUT2D eigenvalue weighted by Crippen LogP contribution is -2.15. The minimum atomic E-state index is -4.70. The zero-order valence-corrected chi connectivity index (χ0v) is 19.1. The molecule has 0 atom stereocenters. The van der Waals surface area contributed by atoms with Crippen molar-refractivity contribution in [2.45, 2.75) is 24.4 Å². The topological polar surface area (TPSA) is 88.4 Å². The molecule has 1 aromatic heterocycles. The number of sulfone groups is 1. The largest absolute Gasteiger partial charge is 0.418 e. The summed E-state index contributed by atoms with van der Waals surface area (Å²) in [7, 11) is -3.41. The summed E-state index contributed by atoms with van der Waals surface area (Å²) in [6.45, 7) is 1.16. The lowest BCUT2D eigenvalue weighted by molar-refractivity contribution is -0.137. The Balaban J connectivity index is 2.05. The van der Waals surface area contributed by atoms with Gasteiger partial charge in [0.2, 0.25) is 0 Å². The van der Waals surface area contributed by atoms with Crippen LogP contribution in [0.15, 0.2) is 53.4 Å². The lowest BCUT2D eigenvalue weighted by Gasteiger charge is -2.18. The van der Waals surface area contributed by atoms with E-state index in [9.17, 15) is 31.5 Å². The number of aromatic nitrogens is 1. The Morgan fingerprint density at radius 2 is 1.76 bits per heavy atom. The highest BCUT2D eigenvalue weighted by molar-refractivity contribution is 7.90. The number of hydrogen-bond acceptors (Lipinski definition) is 4. The van der Waals surface area contributed by atoms with Crippen LogP contribution in [0.1, 0.15) is 27.3 Å². The van der Waals surface area contributed by atoms with E-state index in [1.165, 1.54) is 54.0 Å². The minimum Gasteiger partial charge on any atom is -0.396 e. The van der Waals surface area contributed by atoms with E-state index in [4.69, 9.17) is 11.6 Å². The Kier molecular flexibility index (Phi) is 6.92. The fraction of sp³-hybridized carbons (Fsp3) is 0.227. The van der Waals surface area contributed by atoms with Crippen molar-refractivity contribution in [1.29, 1.82) is 0 Å². The van der Waals surface area contributed by atoms with E-state index in [0.717, 1.165) is 12.3 Å². The van der Waals surface area contributed by atoms with Gasteiger partial charge in [0.05, 0.1) is 21.7 Å². The van der Waals surface area contributed by atoms with Crippen molar-refractivity contribution in [1.82, 2.24) is 4.57 Å². The predicted molar refractivity (Wildman–Crippen MR) is 119 cm³/mol. The number of amides is 1. The number of rotatable bonds is 6. The van der Waals surface area contributed by atoms with Gasteiger partial charge in [-0.15, -0.1) is 0 Å². The van der Waals surface area contributed by atoms with Crippen molar-refractivity contribution >= 4 is 33.0 Å². The quantitative estimate of drug-likeness (QED) is 0.516. The van der Waals surface area contributed by atoms with Crippen molar-refractivity contribution in [2.75, 3.05) is 18.2 Å². The average molecular weight is 501 g/mol. The van der Waals surface area contributed by atoms with Gasteiger partial charge in [-0.05, 0) is 55.5 Å². The van der Waals surface area contributed by atoms with Crippen LogP contribution in [-0.2, 0) is 22.4 Å². The van der Waals surface area contributed by atoms with Gasteiger partial charge < -0.3 is 15.0 Å². The van der Waals surface area contributed by atoms with Crippen LogP contribution in [-0.4, -0.2) is 36.9 Å². The van der Waals surface area contributed by atoms with Crippen LogP contribution in [0.3, 0.4) is 0 Å². The molecule has 1 heterocycles. The van der Waals surface area contributed by atoms with Crippen LogP contribution in [0.5, 0.6) is 0 Å². The van der Waals surface area contributed by atoms with Crippen LogP contribution >= 0.6 is 11.6 Å². The second-order valence-corrected chi connectivity index (χ2v) is 9.81. The van der Waals surface area contributed by atoms with Gasteiger partial charge in [-0.2, -0.15) is 13.2 Å². The molecule has 1 amide bonds. The number of nitrogens with zero attached hydrogens (tertiary/aromatic N) is 1. The number of carbonyl (C=O) groups is 1. The minimum absolute atomic E-state index is 0.0110. The van der Waals surface area contributed by atoms with Gasteiger partial charge in [0, 0.05) is 41.4 Å². The summed E-state index contributed by atoms with van der Waals surface area (Å²) in [4.78, 5) is 13.0. The molecule has 0 fully saturated rings. The molecular formula is C22H20ClF3N2O4S. The van der Waals surface area contributed by atoms with Gasteiger partial charge in [-0.25, -0.2) is 8.42 Å². The molecule has 0 aliphatic carbocycles. The SMILES string of the molecule is Cc1c(C(=O)Nc2ccc(S(C)(=O)=O)cc2)cc(CCO)n1-c1ccc(Cl)cc1C(F)(F)F. The smallest absolute Gasteiger partial charge is 0.396 e. The molecule has 3 aromatic rings. The maximum atomic E-state index is 13.7. The van der Waals surface area contributed by atoms with Crippen LogP contribution in [0.25, 0.3) is 5.69 Å². The van der Waals surface area contributed by atoms with E-state index in [-0.39, 0.29) is 39.9 Å². The lowest BCUT2D eigenvalue weighted by atomic mass is 10.1. The van der Waals surface area contributed by atoms with Crippen molar-refractivity contribution in [3.8, 4) is 5.69 Å². The van der Waals surface area contributed by atoms with E-state index >= 15 is 0 Å². The number of carbonyl (C=O) groups excluding carboxylic acids is 1. The summed E-state index contributed by atoms with van der Waals surface area (Å²) in [6, 6.07) is 10.3. The van der Waals surface area contributed by atoms with Gasteiger partial charge in [-0.1, -0.05) is 11.6 Å². The molecule has 2 aromatic carbocycles. The fourth-order valence-electron chi connectivity index (χ4n) is 3.45. The molecule has 0 radical (unpaired) electrons. The van der Waals surface area contributed by atoms with Crippen LogP contribution in [0.2, 0.25) is 5.02 Å². The first kappa shape index (κ1) is 24.8. The van der Waals surface area contributed by atoms with E-state index in [2.05, 4.69) is 5.32 Å². The maximum absolute atomic E-state index is 13.7. The number of hydrogen-bond donors (Lipinski definition) is 2. The Hall–Kier alpha value is -2.82. The Morgan fingerprint density at radius 1 is 1.12 bits per heavy atom. The summed E-state index contributed by atoms with van der Waals surface area (Å²) in [5, 5.41) is 11.9. The van der Waals surface area contributed by atoms with Crippen molar-refractivity contribution in [3.05, 3.63) is 76.1 Å². The van der Waals surface area contributed by atoms with Gasteiger partial charge in [0.15, 0.2) is 9.84 Å². The van der Waals surface area contributed by atoms with Gasteiger partial charge in [0.1, 0.15) is 0 Å². The summed E-state index contributed by atoms with van der Waals surface area (Å²) in [5.41, 5.74) is -0.239. The summed E-state index contributed by atoms with van der Waals surface area (Å²) in [6.07, 6.45) is -3.63. The molecule has 0 saturated carbocycles. The zero-order valence-electron chi connectivity index (χ0n) is 17.6. The van der Waals surface area contributed by atoms with Crippen molar-refractivity contribution in [2.24, 2.45) is 0 Å². The van der Waals surface area contributed by atoms with Crippen LogP contribution < -0.4 is 5.32 Å². The Labute approximate surface area is 193 Å². The number of benzene rings is 2. The first-order valence-electron chi connectivity index (χ1n) is 9.63. The molecular weight excluding hydrogens is 481 g/mol. The molecule has 11 heteroatoms. The predicted octanol–water partition coefficient (Wildman–Crippen LogP) is 4.65. The highest BCUT2D eigenvalue weighted by atomic mass is 35.5. The van der Waals surface area contributed by atoms with Gasteiger partial charge >= 0.3 is 6.18 Å². The summed E-state index contributed by atoms with van der Waals surface area (Å²) >= 11 is 5.79. The highest BCUT2D eigenvalue weighted by Crippen LogP contribution is 2.37. The Bertz CT molecular complexity index is 1300. The summed E-state index contributed by atoms with van der Waals surface area (Å²) < 4.78 is 65.5. The number of anilines is 1. The molecule has 0 bridgehead atoms. The van der Waals surface area contributed by atoms with Crippen molar-refractivity contribution < 1.29 is 31.5 Å². The fourth-order valence-corrected chi connectivity index (χ4v) is 4.25. The monoisotopic (exact) mass is 500 g/mol. The second kappa shape index (κ2) is 9.20. The molecule has 2 N–H and O–H groups in total. The maximum Gasteiger partial charge on any atom is 0.418 e. The van der Waals surface area contributed by atoms with E-state index in [1.54, 1.807) is 0 Å². The van der Waals surface area contributed by atoms with Gasteiger partial charge in [0.25, 0.3) is 5.91 Å². The van der Waals surface area contributed by atoms with E-state index < -0.39 is 27.5 Å². The van der Waals surface area contributed by atoms with Crippen molar-refractivity contribution in [3.63, 3.8) is 0 Å². The molecule has 0 spiro atoms. The average Bonchev–Trinajstić information content (AvgIpc) is 3.03. The van der Waals surface area contributed by atoms with E-state index in [1.807, 2.05) is 0 Å². The van der Waals surface area contributed by atoms with Crippen LogP contribution in [0, 0.1) is 6.92 Å². The third-order valence-corrected chi connectivity index (χ3v) is 6.34. The number of halogens is 4. The standard InChI is InChI=1S/C22H20ClF3N2O4S/c1-13-18(21(30)27-15-4-6-17(7-5-15)33(2,31)32)12-16(9-10-29)28(13)20-8-3-14(23)11-19(20)22(24,25)26/h3-8,11-12,29H,9-10H2,1-2H3,(H,27,30).